The Morgan fingerprint density at radius 1 is 1.29 bits per heavy atom. The molecule has 0 bridgehead atoms. The van der Waals surface area contributed by atoms with Crippen LogP contribution in [-0.4, -0.2) is 48.0 Å². The summed E-state index contributed by atoms with van der Waals surface area (Å²) in [5.41, 5.74) is 1.76. The first-order chi connectivity index (χ1) is 11.5. The summed E-state index contributed by atoms with van der Waals surface area (Å²) in [6.07, 6.45) is 1.29. The fourth-order valence-electron chi connectivity index (χ4n) is 2.96. The van der Waals surface area contributed by atoms with Gasteiger partial charge in [0.2, 0.25) is 11.9 Å². The number of amides is 1. The molecule has 1 atom stereocenters. The smallest absolute Gasteiger partial charge is 0.252 e. The van der Waals surface area contributed by atoms with Crippen LogP contribution < -0.4 is 10.5 Å². The van der Waals surface area contributed by atoms with Crippen molar-refractivity contribution < 1.29 is 4.79 Å². The number of nitrogens with zero attached hydrogens (tertiary/aromatic N) is 3. The molecule has 24 heavy (non-hydrogen) atoms. The lowest BCUT2D eigenvalue weighted by atomic mass is 10.0. The van der Waals surface area contributed by atoms with E-state index < -0.39 is 0 Å². The van der Waals surface area contributed by atoms with Crippen LogP contribution in [0.3, 0.4) is 0 Å². The third kappa shape index (κ3) is 3.64. The van der Waals surface area contributed by atoms with Crippen LogP contribution in [0, 0.1) is 0 Å². The van der Waals surface area contributed by atoms with Crippen molar-refractivity contribution >= 4 is 11.9 Å². The number of rotatable bonds is 5. The van der Waals surface area contributed by atoms with Crippen LogP contribution in [0.1, 0.15) is 23.6 Å². The number of aromatic nitrogens is 2. The second kappa shape index (κ2) is 6.86. The molecule has 0 radical (unpaired) electrons. The molecule has 6 nitrogen and oxygen atoms in total. The lowest BCUT2D eigenvalue weighted by Crippen LogP contribution is -2.26. The van der Waals surface area contributed by atoms with Crippen LogP contribution in [0.5, 0.6) is 0 Å². The third-order valence-corrected chi connectivity index (χ3v) is 4.45. The topological polar surface area (TPSA) is 69.3 Å². The van der Waals surface area contributed by atoms with Gasteiger partial charge >= 0.3 is 0 Å². The van der Waals surface area contributed by atoms with E-state index >= 15 is 0 Å². The van der Waals surface area contributed by atoms with E-state index in [1.54, 1.807) is 11.9 Å². The quantitative estimate of drug-likeness (QED) is 0.901. The number of likely N-dealkylation sites (tertiary alicyclic amines) is 1. The summed E-state index contributed by atoms with van der Waals surface area (Å²) in [5.74, 6) is 0.641. The maximum Gasteiger partial charge on any atom is 0.252 e. The number of carbonyl (C=O) groups excluding carboxylic acids is 1. The normalized spacial score (nSPS) is 17.3. The Morgan fingerprint density at radius 2 is 2.04 bits per heavy atom. The lowest BCUT2D eigenvalue weighted by Gasteiger charge is -2.19. The zero-order chi connectivity index (χ0) is 17.1. The van der Waals surface area contributed by atoms with Crippen LogP contribution in [0.15, 0.2) is 41.2 Å². The van der Waals surface area contributed by atoms with Gasteiger partial charge in [0.05, 0.1) is 5.69 Å². The molecule has 126 valence electrons. The molecule has 1 aliphatic heterocycles. The van der Waals surface area contributed by atoms with E-state index in [9.17, 15) is 9.59 Å². The highest BCUT2D eigenvalue weighted by molar-refractivity contribution is 5.79. The first kappa shape index (κ1) is 16.2. The summed E-state index contributed by atoms with van der Waals surface area (Å²) in [7, 11) is 3.69. The molecule has 6 heteroatoms. The van der Waals surface area contributed by atoms with E-state index in [0.717, 1.165) is 13.0 Å². The standard InChI is InChI=1S/C18H22N4O2/c1-21(9-8-13-6-4-3-5-7-13)18-19-15(11-16(23)20-18)14-10-17(24)22(2)12-14/h3-7,11,14H,8-10,12H2,1-2H3,(H,19,20,23)/t14-/m0/s1. The number of nitrogens with one attached hydrogen (secondary N) is 1. The molecule has 0 aliphatic carbocycles. The molecule has 1 fully saturated rings. The molecule has 0 spiro atoms. The van der Waals surface area contributed by atoms with Gasteiger partial charge in [0.1, 0.15) is 0 Å². The van der Waals surface area contributed by atoms with Crippen molar-refractivity contribution in [2.45, 2.75) is 18.8 Å². The first-order valence-corrected chi connectivity index (χ1v) is 8.13. The monoisotopic (exact) mass is 326 g/mol. The summed E-state index contributed by atoms with van der Waals surface area (Å²) in [6.45, 7) is 1.36. The number of hydrogen-bond acceptors (Lipinski definition) is 4. The molecular weight excluding hydrogens is 304 g/mol. The van der Waals surface area contributed by atoms with Crippen molar-refractivity contribution in [3.63, 3.8) is 0 Å². The second-order valence-corrected chi connectivity index (χ2v) is 6.33. The van der Waals surface area contributed by atoms with E-state index in [1.165, 1.54) is 11.6 Å². The number of carbonyl (C=O) groups is 1. The average Bonchev–Trinajstić information content (AvgIpc) is 2.92. The molecule has 1 aliphatic rings. The van der Waals surface area contributed by atoms with Crippen LogP contribution in [-0.2, 0) is 11.2 Å². The maximum atomic E-state index is 12.0. The minimum absolute atomic E-state index is 0.00827. The summed E-state index contributed by atoms with van der Waals surface area (Å²) in [5, 5.41) is 0. The average molecular weight is 326 g/mol. The van der Waals surface area contributed by atoms with E-state index in [2.05, 4.69) is 22.1 Å². The van der Waals surface area contributed by atoms with Crippen molar-refractivity contribution in [1.29, 1.82) is 0 Å². The number of anilines is 1. The van der Waals surface area contributed by atoms with E-state index in [0.29, 0.717) is 24.6 Å². The van der Waals surface area contributed by atoms with Gasteiger partial charge in [-0.1, -0.05) is 30.3 Å². The third-order valence-electron chi connectivity index (χ3n) is 4.45. The maximum absolute atomic E-state index is 12.0. The zero-order valence-corrected chi connectivity index (χ0v) is 14.0. The van der Waals surface area contributed by atoms with Gasteiger partial charge in [-0.2, -0.15) is 0 Å². The van der Waals surface area contributed by atoms with Gasteiger partial charge in [-0.25, -0.2) is 4.98 Å². The van der Waals surface area contributed by atoms with Gasteiger partial charge < -0.3 is 9.80 Å². The number of aromatic amines is 1. The summed E-state index contributed by atoms with van der Waals surface area (Å²) in [4.78, 5) is 34.7. The molecule has 3 rings (SSSR count). The Kier molecular flexibility index (Phi) is 4.64. The van der Waals surface area contributed by atoms with E-state index in [4.69, 9.17) is 0 Å². The number of likely N-dealkylation sites (N-methyl/N-ethyl adjacent to an activating group) is 2. The Balaban J connectivity index is 1.73. The number of H-pyrrole nitrogens is 1. The highest BCUT2D eigenvalue weighted by Crippen LogP contribution is 2.25. The van der Waals surface area contributed by atoms with Gasteiger partial charge in [-0.3, -0.25) is 14.6 Å². The second-order valence-electron chi connectivity index (χ2n) is 6.33. The van der Waals surface area contributed by atoms with Gasteiger partial charge in [0, 0.05) is 45.6 Å². The van der Waals surface area contributed by atoms with Crippen LogP contribution in [0.25, 0.3) is 0 Å². The molecule has 1 saturated heterocycles. The molecule has 1 N–H and O–H groups in total. The summed E-state index contributed by atoms with van der Waals surface area (Å²) >= 11 is 0. The number of hydrogen-bond donors (Lipinski definition) is 1. The van der Waals surface area contributed by atoms with Crippen LogP contribution in [0.2, 0.25) is 0 Å². The van der Waals surface area contributed by atoms with Gasteiger partial charge in [-0.15, -0.1) is 0 Å². The Bertz CT molecular complexity index is 772. The Morgan fingerprint density at radius 3 is 2.71 bits per heavy atom. The predicted octanol–water partition coefficient (Wildman–Crippen LogP) is 1.39. The Hall–Kier alpha value is -2.63. The fourth-order valence-corrected chi connectivity index (χ4v) is 2.96. The van der Waals surface area contributed by atoms with Crippen molar-refractivity contribution in [2.24, 2.45) is 0 Å². The van der Waals surface area contributed by atoms with Gasteiger partial charge in [0.15, 0.2) is 0 Å². The van der Waals surface area contributed by atoms with Crippen molar-refractivity contribution in [1.82, 2.24) is 14.9 Å². The first-order valence-electron chi connectivity index (χ1n) is 8.13. The molecule has 1 aromatic heterocycles. The molecule has 0 saturated carbocycles. The highest BCUT2D eigenvalue weighted by Gasteiger charge is 2.29. The molecule has 2 aromatic rings. The largest absolute Gasteiger partial charge is 0.345 e. The van der Waals surface area contributed by atoms with Gasteiger partial charge in [-0.05, 0) is 12.0 Å². The van der Waals surface area contributed by atoms with E-state index in [-0.39, 0.29) is 17.4 Å². The van der Waals surface area contributed by atoms with Crippen molar-refractivity contribution in [3.05, 3.63) is 58.0 Å². The molecule has 1 amide bonds. The fraction of sp³-hybridized carbons (Fsp3) is 0.389. The summed E-state index contributed by atoms with van der Waals surface area (Å²) in [6, 6.07) is 11.7. The van der Waals surface area contributed by atoms with Crippen molar-refractivity contribution in [2.75, 3.05) is 32.1 Å². The molecule has 2 heterocycles. The van der Waals surface area contributed by atoms with Crippen molar-refractivity contribution in [3.8, 4) is 0 Å². The minimum atomic E-state index is -0.177. The molecular formula is C18H22N4O2. The number of benzene rings is 1. The highest BCUT2D eigenvalue weighted by atomic mass is 16.2. The zero-order valence-electron chi connectivity index (χ0n) is 14.0. The SMILES string of the molecule is CN1C[C@@H](c2cc(=O)[nH]c(N(C)CCc3ccccc3)n2)CC1=O. The molecule has 0 unspecified atom stereocenters. The summed E-state index contributed by atoms with van der Waals surface area (Å²) < 4.78 is 0. The van der Waals surface area contributed by atoms with Crippen LogP contribution >= 0.6 is 0 Å². The predicted molar refractivity (Wildman–Crippen MR) is 93.3 cm³/mol. The Labute approximate surface area is 141 Å². The minimum Gasteiger partial charge on any atom is -0.345 e. The van der Waals surface area contributed by atoms with E-state index in [1.807, 2.05) is 30.1 Å². The van der Waals surface area contributed by atoms with Crippen LogP contribution in [0.4, 0.5) is 5.95 Å². The molecule has 1 aromatic carbocycles. The lowest BCUT2D eigenvalue weighted by molar-refractivity contribution is -0.126. The van der Waals surface area contributed by atoms with Gasteiger partial charge in [0.25, 0.3) is 5.56 Å².